The molecular formula is C18H31. The summed E-state index contributed by atoms with van der Waals surface area (Å²) in [5.41, 5.74) is 0. The molecule has 2 rings (SSSR count). The first-order valence-corrected chi connectivity index (χ1v) is 8.49. The zero-order valence-electron chi connectivity index (χ0n) is 12.1. The van der Waals surface area contributed by atoms with Gasteiger partial charge in [0.25, 0.3) is 0 Å². The van der Waals surface area contributed by atoms with Crippen LogP contribution in [0.25, 0.3) is 0 Å². The van der Waals surface area contributed by atoms with Gasteiger partial charge in [0, 0.05) is 5.92 Å². The molecule has 0 aromatic heterocycles. The van der Waals surface area contributed by atoms with Gasteiger partial charge in [-0.3, -0.25) is 0 Å². The number of hydrogen-bond acceptors (Lipinski definition) is 0. The van der Waals surface area contributed by atoms with Crippen LogP contribution in [-0.4, -0.2) is 0 Å². The van der Waals surface area contributed by atoms with Crippen molar-refractivity contribution in [2.75, 3.05) is 0 Å². The molecule has 0 N–H and O–H groups in total. The van der Waals surface area contributed by atoms with Gasteiger partial charge in [-0.15, -0.1) is 0 Å². The highest BCUT2D eigenvalue weighted by atomic mass is 14.2. The lowest BCUT2D eigenvalue weighted by Crippen LogP contribution is -2.13. The summed E-state index contributed by atoms with van der Waals surface area (Å²) < 4.78 is 0. The zero-order valence-corrected chi connectivity index (χ0v) is 12.1. The maximum absolute atomic E-state index is 2.47. The molecule has 18 heavy (non-hydrogen) atoms. The standard InChI is InChI=1S/C18H31/c1-2-4-6-9-13-17(14-10-7-5-3-1)18-15-11-8-12-16-18/h11,15,17H,1-10,12-14,16H2. The first kappa shape index (κ1) is 14.2. The van der Waals surface area contributed by atoms with Crippen LogP contribution in [0.3, 0.4) is 0 Å². The van der Waals surface area contributed by atoms with Crippen molar-refractivity contribution in [3.63, 3.8) is 0 Å². The van der Waals surface area contributed by atoms with Crippen molar-refractivity contribution in [2.45, 2.75) is 89.9 Å². The molecule has 2 aliphatic rings. The van der Waals surface area contributed by atoms with Gasteiger partial charge in [-0.2, -0.15) is 0 Å². The van der Waals surface area contributed by atoms with E-state index in [1.807, 2.05) is 0 Å². The molecule has 0 bridgehead atoms. The van der Waals surface area contributed by atoms with Crippen LogP contribution in [0.4, 0.5) is 0 Å². The number of rotatable bonds is 1. The maximum atomic E-state index is 2.47. The van der Waals surface area contributed by atoms with Gasteiger partial charge in [0.2, 0.25) is 0 Å². The molecule has 0 aromatic rings. The topological polar surface area (TPSA) is 0 Å². The van der Waals surface area contributed by atoms with Crippen LogP contribution < -0.4 is 0 Å². The van der Waals surface area contributed by atoms with E-state index in [2.05, 4.69) is 12.2 Å². The molecule has 2 aliphatic carbocycles. The van der Waals surface area contributed by atoms with E-state index in [0.29, 0.717) is 0 Å². The molecule has 1 saturated carbocycles. The van der Waals surface area contributed by atoms with Crippen molar-refractivity contribution >= 4 is 0 Å². The van der Waals surface area contributed by atoms with Crippen LogP contribution in [0.2, 0.25) is 0 Å². The van der Waals surface area contributed by atoms with Crippen molar-refractivity contribution in [2.24, 2.45) is 5.92 Å². The van der Waals surface area contributed by atoms with Gasteiger partial charge in [0.15, 0.2) is 0 Å². The summed E-state index contributed by atoms with van der Waals surface area (Å²) in [6.07, 6.45) is 25.3. The molecule has 0 heterocycles. The summed E-state index contributed by atoms with van der Waals surface area (Å²) in [6.45, 7) is 0. The van der Waals surface area contributed by atoms with E-state index in [1.54, 1.807) is 5.92 Å². The van der Waals surface area contributed by atoms with E-state index in [-0.39, 0.29) is 0 Å². The fourth-order valence-electron chi connectivity index (χ4n) is 3.62. The molecule has 103 valence electrons. The summed E-state index contributed by atoms with van der Waals surface area (Å²) >= 11 is 0. The second kappa shape index (κ2) is 8.77. The third kappa shape index (κ3) is 5.16. The largest absolute Gasteiger partial charge is 0.0879 e. The molecule has 0 heteroatoms. The normalized spacial score (nSPS) is 26.4. The van der Waals surface area contributed by atoms with E-state index >= 15 is 0 Å². The van der Waals surface area contributed by atoms with Crippen LogP contribution in [0.1, 0.15) is 89.9 Å². The highest BCUT2D eigenvalue weighted by Crippen LogP contribution is 2.34. The molecule has 0 spiro atoms. The minimum atomic E-state index is 0.931. The van der Waals surface area contributed by atoms with Crippen LogP contribution in [-0.2, 0) is 0 Å². The van der Waals surface area contributed by atoms with E-state index in [1.165, 1.54) is 89.9 Å². The molecular weight excluding hydrogens is 216 g/mol. The van der Waals surface area contributed by atoms with Crippen LogP contribution >= 0.6 is 0 Å². The van der Waals surface area contributed by atoms with Crippen molar-refractivity contribution in [3.05, 3.63) is 18.1 Å². The van der Waals surface area contributed by atoms with Gasteiger partial charge in [0.05, 0.1) is 0 Å². The lowest BCUT2D eigenvalue weighted by molar-refractivity contribution is 0.398. The zero-order chi connectivity index (χ0) is 12.5. The van der Waals surface area contributed by atoms with E-state index in [0.717, 1.165) is 5.92 Å². The van der Waals surface area contributed by atoms with Gasteiger partial charge in [0.1, 0.15) is 0 Å². The molecule has 0 aromatic carbocycles. The average molecular weight is 247 g/mol. The van der Waals surface area contributed by atoms with Crippen molar-refractivity contribution in [3.8, 4) is 0 Å². The minimum Gasteiger partial charge on any atom is -0.0879 e. The van der Waals surface area contributed by atoms with Gasteiger partial charge in [-0.05, 0) is 38.0 Å². The SMILES string of the molecule is C1=C[C](C2CCCCCCCCCCC2)CCC1. The summed E-state index contributed by atoms with van der Waals surface area (Å²) in [5.74, 6) is 2.72. The van der Waals surface area contributed by atoms with Gasteiger partial charge in [-0.25, -0.2) is 0 Å². The molecule has 0 nitrogen and oxygen atoms in total. The summed E-state index contributed by atoms with van der Waals surface area (Å²) in [7, 11) is 0. The Bertz CT molecular complexity index is 216. The third-order valence-corrected chi connectivity index (χ3v) is 4.80. The predicted molar refractivity (Wildman–Crippen MR) is 80.5 cm³/mol. The maximum Gasteiger partial charge on any atom is 0.000364 e. The third-order valence-electron chi connectivity index (χ3n) is 4.80. The molecule has 0 aliphatic heterocycles. The van der Waals surface area contributed by atoms with Gasteiger partial charge >= 0.3 is 0 Å². The number of allylic oxidation sites excluding steroid dienone is 2. The van der Waals surface area contributed by atoms with Crippen molar-refractivity contribution in [1.29, 1.82) is 0 Å². The molecule has 1 radical (unpaired) electrons. The van der Waals surface area contributed by atoms with Crippen LogP contribution in [0.5, 0.6) is 0 Å². The van der Waals surface area contributed by atoms with E-state index in [9.17, 15) is 0 Å². The quantitative estimate of drug-likeness (QED) is 0.516. The molecule has 1 fully saturated rings. The lowest BCUT2D eigenvalue weighted by atomic mass is 9.78. The summed E-state index contributed by atoms with van der Waals surface area (Å²) in [4.78, 5) is 0. The van der Waals surface area contributed by atoms with Crippen molar-refractivity contribution < 1.29 is 0 Å². The van der Waals surface area contributed by atoms with Gasteiger partial charge < -0.3 is 0 Å². The first-order chi connectivity index (χ1) is 8.97. The Morgan fingerprint density at radius 1 is 0.667 bits per heavy atom. The Balaban J connectivity index is 1.80. The highest BCUT2D eigenvalue weighted by Gasteiger charge is 2.20. The fourth-order valence-corrected chi connectivity index (χ4v) is 3.62. The molecule has 0 saturated heterocycles. The Morgan fingerprint density at radius 2 is 1.22 bits per heavy atom. The van der Waals surface area contributed by atoms with Crippen LogP contribution in [0.15, 0.2) is 12.2 Å². The Hall–Kier alpha value is -0.260. The summed E-state index contributed by atoms with van der Waals surface area (Å²) in [6, 6.07) is 0. The lowest BCUT2D eigenvalue weighted by Gasteiger charge is -2.26. The van der Waals surface area contributed by atoms with Crippen LogP contribution in [0, 0.1) is 11.8 Å². The van der Waals surface area contributed by atoms with Crippen molar-refractivity contribution in [1.82, 2.24) is 0 Å². The average Bonchev–Trinajstić information content (AvgIpc) is 2.40. The Labute approximate surface area is 114 Å². The second-order valence-electron chi connectivity index (χ2n) is 6.33. The second-order valence-corrected chi connectivity index (χ2v) is 6.33. The Morgan fingerprint density at radius 3 is 1.72 bits per heavy atom. The minimum absolute atomic E-state index is 0.931. The van der Waals surface area contributed by atoms with E-state index < -0.39 is 0 Å². The highest BCUT2D eigenvalue weighted by molar-refractivity contribution is 5.16. The van der Waals surface area contributed by atoms with E-state index in [4.69, 9.17) is 0 Å². The Kier molecular flexibility index (Phi) is 6.90. The first-order valence-electron chi connectivity index (χ1n) is 8.49. The summed E-state index contributed by atoms with van der Waals surface area (Å²) in [5, 5.41) is 0. The fraction of sp³-hybridized carbons (Fsp3) is 0.833. The smallest absolute Gasteiger partial charge is 0.000364 e. The number of hydrogen-bond donors (Lipinski definition) is 0. The molecule has 0 atom stereocenters. The van der Waals surface area contributed by atoms with Gasteiger partial charge in [-0.1, -0.05) is 69.9 Å². The molecule has 0 unspecified atom stereocenters. The molecule has 0 amide bonds. The monoisotopic (exact) mass is 247 g/mol. The predicted octanol–water partition coefficient (Wildman–Crippen LogP) is 6.22.